The van der Waals surface area contributed by atoms with Crippen molar-refractivity contribution in [3.8, 4) is 0 Å². The van der Waals surface area contributed by atoms with Gasteiger partial charge in [0.15, 0.2) is 0 Å². The highest BCUT2D eigenvalue weighted by Gasteiger charge is 2.14. The van der Waals surface area contributed by atoms with E-state index in [1.54, 1.807) is 12.1 Å². The fourth-order valence-electron chi connectivity index (χ4n) is 1.72. The van der Waals surface area contributed by atoms with Crippen LogP contribution in [0.4, 0.5) is 0 Å². The highest BCUT2D eigenvalue weighted by Crippen LogP contribution is 2.07. The number of hydrogen-bond acceptors (Lipinski definition) is 3. The number of nitrogens with one attached hydrogen (secondary N) is 1. The zero-order valence-electron chi connectivity index (χ0n) is 8.98. The van der Waals surface area contributed by atoms with Gasteiger partial charge in [0.1, 0.15) is 0 Å². The van der Waals surface area contributed by atoms with Crippen LogP contribution in [0.1, 0.15) is 22.3 Å². The third kappa shape index (κ3) is 2.81. The van der Waals surface area contributed by atoms with Gasteiger partial charge in [0, 0.05) is 19.2 Å². The molecule has 1 aromatic carbocycles. The fraction of sp³-hybridized carbons (Fsp3) is 0.417. The van der Waals surface area contributed by atoms with Crippen LogP contribution in [0.5, 0.6) is 0 Å². The van der Waals surface area contributed by atoms with E-state index in [2.05, 4.69) is 5.32 Å². The molecule has 16 heavy (non-hydrogen) atoms. The molecule has 2 rings (SSSR count). The van der Waals surface area contributed by atoms with Crippen LogP contribution in [-0.2, 0) is 11.3 Å². The lowest BCUT2D eigenvalue weighted by Gasteiger charge is -2.10. The molecule has 0 aromatic heterocycles. The molecule has 1 unspecified atom stereocenters. The van der Waals surface area contributed by atoms with Crippen molar-refractivity contribution in [2.24, 2.45) is 0 Å². The average Bonchev–Trinajstić information content (AvgIpc) is 2.80. The van der Waals surface area contributed by atoms with E-state index in [1.807, 2.05) is 12.1 Å². The van der Waals surface area contributed by atoms with Gasteiger partial charge in [-0.25, -0.2) is 4.79 Å². The topological polar surface area (TPSA) is 58.6 Å². The standard InChI is InChI=1S/C12H15NO3/c14-12(15)10-3-1-9(2-4-10)7-13-11-5-6-16-8-11/h1-4,11,13H,5-8H2,(H,14,15). The molecule has 1 fully saturated rings. The smallest absolute Gasteiger partial charge is 0.335 e. The van der Waals surface area contributed by atoms with Gasteiger partial charge in [-0.15, -0.1) is 0 Å². The Morgan fingerprint density at radius 3 is 2.75 bits per heavy atom. The molecule has 0 amide bonds. The SMILES string of the molecule is O=C(O)c1ccc(CNC2CCOC2)cc1. The molecule has 1 heterocycles. The number of carboxylic acids is 1. The Hall–Kier alpha value is -1.39. The van der Waals surface area contributed by atoms with Crippen LogP contribution >= 0.6 is 0 Å². The second-order valence-electron chi connectivity index (χ2n) is 3.94. The lowest BCUT2D eigenvalue weighted by molar-refractivity contribution is 0.0697. The Balaban J connectivity index is 1.87. The molecule has 1 saturated heterocycles. The van der Waals surface area contributed by atoms with Crippen LogP contribution in [0, 0.1) is 0 Å². The molecule has 86 valence electrons. The molecule has 4 heteroatoms. The van der Waals surface area contributed by atoms with E-state index in [9.17, 15) is 4.79 Å². The van der Waals surface area contributed by atoms with E-state index < -0.39 is 5.97 Å². The molecule has 1 aliphatic rings. The van der Waals surface area contributed by atoms with Crippen LogP contribution in [-0.4, -0.2) is 30.3 Å². The van der Waals surface area contributed by atoms with Gasteiger partial charge < -0.3 is 15.2 Å². The largest absolute Gasteiger partial charge is 0.478 e. The fourth-order valence-corrected chi connectivity index (χ4v) is 1.72. The number of benzene rings is 1. The van der Waals surface area contributed by atoms with Gasteiger partial charge in [-0.3, -0.25) is 0 Å². The highest BCUT2D eigenvalue weighted by molar-refractivity contribution is 5.87. The minimum Gasteiger partial charge on any atom is -0.478 e. The molecule has 0 aliphatic carbocycles. The van der Waals surface area contributed by atoms with Crippen molar-refractivity contribution in [3.05, 3.63) is 35.4 Å². The molecule has 0 radical (unpaired) electrons. The van der Waals surface area contributed by atoms with E-state index in [4.69, 9.17) is 9.84 Å². The van der Waals surface area contributed by atoms with Crippen LogP contribution in [0.2, 0.25) is 0 Å². The first-order valence-electron chi connectivity index (χ1n) is 5.39. The third-order valence-corrected chi connectivity index (χ3v) is 2.73. The van der Waals surface area contributed by atoms with E-state index >= 15 is 0 Å². The maximum absolute atomic E-state index is 10.6. The number of aromatic carboxylic acids is 1. The zero-order chi connectivity index (χ0) is 11.4. The van der Waals surface area contributed by atoms with Gasteiger partial charge in [-0.05, 0) is 24.1 Å². The van der Waals surface area contributed by atoms with Gasteiger partial charge >= 0.3 is 5.97 Å². The van der Waals surface area contributed by atoms with Crippen LogP contribution in [0.25, 0.3) is 0 Å². The summed E-state index contributed by atoms with van der Waals surface area (Å²) in [5.74, 6) is -0.885. The monoisotopic (exact) mass is 221 g/mol. The number of carbonyl (C=O) groups is 1. The van der Waals surface area contributed by atoms with Crippen molar-refractivity contribution >= 4 is 5.97 Å². The molecule has 0 saturated carbocycles. The van der Waals surface area contributed by atoms with Crippen LogP contribution in [0.15, 0.2) is 24.3 Å². The Kier molecular flexibility index (Phi) is 3.54. The first-order chi connectivity index (χ1) is 7.75. The Labute approximate surface area is 94.2 Å². The predicted molar refractivity (Wildman–Crippen MR) is 59.5 cm³/mol. The average molecular weight is 221 g/mol. The summed E-state index contributed by atoms with van der Waals surface area (Å²) >= 11 is 0. The molecule has 4 nitrogen and oxygen atoms in total. The lowest BCUT2D eigenvalue weighted by Crippen LogP contribution is -2.28. The Bertz CT molecular complexity index is 355. The molecule has 1 aromatic rings. The molecule has 0 spiro atoms. The van der Waals surface area contributed by atoms with Gasteiger partial charge in [-0.1, -0.05) is 12.1 Å². The molecule has 1 aliphatic heterocycles. The minimum absolute atomic E-state index is 0.327. The molecular weight excluding hydrogens is 206 g/mol. The van der Waals surface area contributed by atoms with Crippen molar-refractivity contribution in [3.63, 3.8) is 0 Å². The summed E-state index contributed by atoms with van der Waals surface area (Å²) < 4.78 is 5.26. The first-order valence-corrected chi connectivity index (χ1v) is 5.39. The van der Waals surface area contributed by atoms with Gasteiger partial charge in [-0.2, -0.15) is 0 Å². The normalized spacial score (nSPS) is 19.9. The summed E-state index contributed by atoms with van der Waals surface area (Å²) in [6, 6.07) is 7.37. The summed E-state index contributed by atoms with van der Waals surface area (Å²) in [5, 5.41) is 12.1. The van der Waals surface area contributed by atoms with Crippen molar-refractivity contribution in [1.82, 2.24) is 5.32 Å². The van der Waals surface area contributed by atoms with Crippen molar-refractivity contribution in [2.75, 3.05) is 13.2 Å². The number of rotatable bonds is 4. The quantitative estimate of drug-likeness (QED) is 0.803. The number of ether oxygens (including phenoxy) is 1. The number of carboxylic acid groups (broad SMARTS) is 1. The van der Waals surface area contributed by atoms with E-state index in [-0.39, 0.29) is 0 Å². The second-order valence-corrected chi connectivity index (χ2v) is 3.94. The van der Waals surface area contributed by atoms with Gasteiger partial charge in [0.05, 0.1) is 12.2 Å². The molecule has 1 atom stereocenters. The third-order valence-electron chi connectivity index (χ3n) is 2.73. The van der Waals surface area contributed by atoms with E-state index in [0.29, 0.717) is 11.6 Å². The summed E-state index contributed by atoms with van der Waals surface area (Å²) in [4.78, 5) is 10.6. The van der Waals surface area contributed by atoms with Crippen LogP contribution in [0.3, 0.4) is 0 Å². The minimum atomic E-state index is -0.885. The number of hydrogen-bond donors (Lipinski definition) is 2. The van der Waals surface area contributed by atoms with E-state index in [1.165, 1.54) is 0 Å². The Morgan fingerprint density at radius 2 is 2.19 bits per heavy atom. The van der Waals surface area contributed by atoms with Crippen LogP contribution < -0.4 is 5.32 Å². The maximum Gasteiger partial charge on any atom is 0.335 e. The summed E-state index contributed by atoms with van der Waals surface area (Å²) in [7, 11) is 0. The predicted octanol–water partition coefficient (Wildman–Crippen LogP) is 1.26. The summed E-state index contributed by atoms with van der Waals surface area (Å²) in [6.07, 6.45) is 1.05. The van der Waals surface area contributed by atoms with Gasteiger partial charge in [0.25, 0.3) is 0 Å². The lowest BCUT2D eigenvalue weighted by atomic mass is 10.1. The summed E-state index contributed by atoms with van der Waals surface area (Å²) in [6.45, 7) is 2.36. The molecule has 2 N–H and O–H groups in total. The second kappa shape index (κ2) is 5.09. The first kappa shape index (κ1) is 11.1. The van der Waals surface area contributed by atoms with Crippen molar-refractivity contribution < 1.29 is 14.6 Å². The highest BCUT2D eigenvalue weighted by atomic mass is 16.5. The van der Waals surface area contributed by atoms with E-state index in [0.717, 1.165) is 31.7 Å². The zero-order valence-corrected chi connectivity index (χ0v) is 8.98. The van der Waals surface area contributed by atoms with Crippen molar-refractivity contribution in [1.29, 1.82) is 0 Å². The maximum atomic E-state index is 10.6. The molecular formula is C12H15NO3. The molecule has 0 bridgehead atoms. The Morgan fingerprint density at radius 1 is 1.44 bits per heavy atom. The van der Waals surface area contributed by atoms with Gasteiger partial charge in [0.2, 0.25) is 0 Å². The van der Waals surface area contributed by atoms with Crippen molar-refractivity contribution in [2.45, 2.75) is 19.0 Å². The summed E-state index contributed by atoms with van der Waals surface area (Å²) in [5.41, 5.74) is 1.42.